The minimum atomic E-state index is -1.32. The van der Waals surface area contributed by atoms with Crippen LogP contribution >= 0.6 is 0 Å². The number of likely N-dealkylation sites (tertiary alicyclic amines) is 1. The molecule has 2 aliphatic heterocycles. The molecule has 2 aromatic heterocycles. The fourth-order valence-corrected chi connectivity index (χ4v) is 5.59. The number of fused-ring (bicyclic) bond motifs is 1. The molecule has 44 heavy (non-hydrogen) atoms. The van der Waals surface area contributed by atoms with Gasteiger partial charge in [-0.2, -0.15) is 10.2 Å². The lowest BCUT2D eigenvalue weighted by Crippen LogP contribution is -2.44. The molecule has 0 saturated carbocycles. The predicted octanol–water partition coefficient (Wildman–Crippen LogP) is 4.47. The summed E-state index contributed by atoms with van der Waals surface area (Å²) < 4.78 is 48.0. The van der Waals surface area contributed by atoms with Crippen molar-refractivity contribution in [1.29, 1.82) is 5.26 Å². The van der Waals surface area contributed by atoms with Crippen LogP contribution in [0.3, 0.4) is 0 Å². The number of benzene rings is 2. The molecule has 228 valence electrons. The van der Waals surface area contributed by atoms with Crippen LogP contribution in [-0.2, 0) is 24.4 Å². The second-order valence-corrected chi connectivity index (χ2v) is 11.0. The van der Waals surface area contributed by atoms with Crippen molar-refractivity contribution < 1.29 is 32.9 Å². The van der Waals surface area contributed by atoms with Gasteiger partial charge in [0, 0.05) is 31.5 Å². The maximum Gasteiger partial charge on any atom is 0.338 e. The zero-order valence-electron chi connectivity index (χ0n) is 23.9. The van der Waals surface area contributed by atoms with E-state index in [0.717, 1.165) is 12.5 Å². The molecule has 0 radical (unpaired) electrons. The van der Waals surface area contributed by atoms with Crippen molar-refractivity contribution in [3.8, 4) is 17.7 Å². The Morgan fingerprint density at radius 2 is 2.05 bits per heavy atom. The van der Waals surface area contributed by atoms with E-state index in [9.17, 15) is 19.6 Å². The average Bonchev–Trinajstić information content (AvgIpc) is 3.33. The number of carboxylic acids is 1. The molecule has 13 heteroatoms. The lowest BCUT2D eigenvalue weighted by atomic mass is 10.0. The Kier molecular flexibility index (Phi) is 8.36. The minimum absolute atomic E-state index is 0.0200. The fourth-order valence-electron chi connectivity index (χ4n) is 5.59. The molecule has 2 aliphatic rings. The van der Waals surface area contributed by atoms with E-state index < -0.39 is 17.6 Å². The van der Waals surface area contributed by atoms with E-state index in [1.54, 1.807) is 22.9 Å². The van der Waals surface area contributed by atoms with E-state index in [4.69, 9.17) is 19.2 Å². The van der Waals surface area contributed by atoms with Crippen LogP contribution in [0.2, 0.25) is 0 Å². The number of imidazole rings is 1. The van der Waals surface area contributed by atoms with Gasteiger partial charge in [0.1, 0.15) is 41.7 Å². The Balaban J connectivity index is 1.11. The van der Waals surface area contributed by atoms with E-state index in [-0.39, 0.29) is 47.2 Å². The highest BCUT2D eigenvalue weighted by atomic mass is 19.1. The number of hydrogen-bond acceptors (Lipinski definition) is 9. The summed E-state index contributed by atoms with van der Waals surface area (Å²) in [6.45, 7) is 4.28. The van der Waals surface area contributed by atoms with Gasteiger partial charge >= 0.3 is 5.97 Å². The number of halogens is 2. The van der Waals surface area contributed by atoms with Gasteiger partial charge in [0.25, 0.3) is 0 Å². The molecule has 11 nitrogen and oxygen atoms in total. The Bertz CT molecular complexity index is 1740. The largest absolute Gasteiger partial charge is 0.484 e. The number of nitriles is 1. The van der Waals surface area contributed by atoms with Crippen LogP contribution in [0.15, 0.2) is 42.6 Å². The standard InChI is InChI=1S/C31H30F2N6O5/c1-18-12-21(44-28-6-9-35-26(37-28)17-43-25-5-2-20(32)13-19(25)14-34)7-10-38(18)16-27-36-24-4-3-23(31(40)41)29(33)30(24)39(27)15-22-8-11-42-22/h2-6,9,13,18,21-22H,7-8,10-12,15-17H2,1H3,(H,40,41)/t18-,21-,22?/m0/s1. The molecule has 1 N–H and O–H groups in total. The van der Waals surface area contributed by atoms with Crippen LogP contribution in [-0.4, -0.2) is 66.9 Å². The molecule has 2 aromatic carbocycles. The molecule has 0 aliphatic carbocycles. The first kappa shape index (κ1) is 29.4. The van der Waals surface area contributed by atoms with Gasteiger partial charge in [-0.15, -0.1) is 0 Å². The van der Waals surface area contributed by atoms with Crippen molar-refractivity contribution in [2.45, 2.75) is 64.1 Å². The van der Waals surface area contributed by atoms with Crippen LogP contribution in [0, 0.1) is 23.0 Å². The highest BCUT2D eigenvalue weighted by Crippen LogP contribution is 2.29. The summed E-state index contributed by atoms with van der Waals surface area (Å²) in [5, 5.41) is 18.7. The van der Waals surface area contributed by atoms with Gasteiger partial charge in [-0.3, -0.25) is 4.90 Å². The SMILES string of the molecule is C[C@H]1C[C@@H](Oc2ccnc(COc3ccc(F)cc3C#N)n2)CCN1Cc1nc2ccc(C(=O)O)c(F)c2n1CC1CCO1. The molecule has 3 atom stereocenters. The molecule has 2 fully saturated rings. The van der Waals surface area contributed by atoms with Gasteiger partial charge in [0.05, 0.1) is 35.8 Å². The second-order valence-electron chi connectivity index (χ2n) is 11.0. The van der Waals surface area contributed by atoms with Gasteiger partial charge < -0.3 is 23.9 Å². The highest BCUT2D eigenvalue weighted by molar-refractivity contribution is 5.93. The zero-order chi connectivity index (χ0) is 30.8. The maximum absolute atomic E-state index is 15.3. The summed E-state index contributed by atoms with van der Waals surface area (Å²) >= 11 is 0. The number of piperidine rings is 1. The zero-order valence-corrected chi connectivity index (χ0v) is 23.9. The van der Waals surface area contributed by atoms with Crippen molar-refractivity contribution in [1.82, 2.24) is 24.4 Å². The predicted molar refractivity (Wildman–Crippen MR) is 152 cm³/mol. The minimum Gasteiger partial charge on any atom is -0.484 e. The average molecular weight is 605 g/mol. The number of aromatic carboxylic acids is 1. The van der Waals surface area contributed by atoms with Crippen LogP contribution < -0.4 is 9.47 Å². The van der Waals surface area contributed by atoms with E-state index in [2.05, 4.69) is 21.8 Å². The van der Waals surface area contributed by atoms with Crippen LogP contribution in [0.5, 0.6) is 11.6 Å². The lowest BCUT2D eigenvalue weighted by Gasteiger charge is -2.37. The number of ether oxygens (including phenoxy) is 3. The summed E-state index contributed by atoms with van der Waals surface area (Å²) in [4.78, 5) is 27.2. The Hall–Kier alpha value is -4.67. The van der Waals surface area contributed by atoms with Crippen LogP contribution in [0.4, 0.5) is 8.78 Å². The number of rotatable bonds is 10. The fraction of sp³-hybridized carbons (Fsp3) is 0.387. The monoisotopic (exact) mass is 604 g/mol. The molecule has 0 bridgehead atoms. The summed E-state index contributed by atoms with van der Waals surface area (Å²) in [6.07, 6.45) is 3.67. The molecule has 4 heterocycles. The third-order valence-electron chi connectivity index (χ3n) is 8.03. The summed E-state index contributed by atoms with van der Waals surface area (Å²) in [7, 11) is 0. The summed E-state index contributed by atoms with van der Waals surface area (Å²) in [6, 6.07) is 10.2. The van der Waals surface area contributed by atoms with E-state index in [0.29, 0.717) is 62.1 Å². The smallest absolute Gasteiger partial charge is 0.338 e. The van der Waals surface area contributed by atoms with Gasteiger partial charge in [0.15, 0.2) is 11.6 Å². The highest BCUT2D eigenvalue weighted by Gasteiger charge is 2.30. The van der Waals surface area contributed by atoms with Crippen LogP contribution in [0.25, 0.3) is 11.0 Å². The third kappa shape index (κ3) is 6.17. The van der Waals surface area contributed by atoms with Crippen molar-refractivity contribution in [2.75, 3.05) is 13.2 Å². The molecule has 2 saturated heterocycles. The number of nitrogens with zero attached hydrogens (tertiary/aromatic N) is 6. The molecular formula is C31H30F2N6O5. The third-order valence-corrected chi connectivity index (χ3v) is 8.03. The van der Waals surface area contributed by atoms with Crippen molar-refractivity contribution in [3.63, 3.8) is 0 Å². The quantitative estimate of drug-likeness (QED) is 0.276. The Labute approximate surface area is 251 Å². The Morgan fingerprint density at radius 1 is 1.20 bits per heavy atom. The van der Waals surface area contributed by atoms with E-state index in [1.807, 2.05) is 6.07 Å². The normalized spacial score (nSPS) is 20.2. The summed E-state index contributed by atoms with van der Waals surface area (Å²) in [5.74, 6) is -0.978. The van der Waals surface area contributed by atoms with Gasteiger partial charge in [-0.25, -0.2) is 23.5 Å². The first-order valence-corrected chi connectivity index (χ1v) is 14.4. The second kappa shape index (κ2) is 12.5. The summed E-state index contributed by atoms with van der Waals surface area (Å²) in [5.41, 5.74) is 0.306. The number of carboxylic acid groups (broad SMARTS) is 1. The van der Waals surface area contributed by atoms with Crippen molar-refractivity contribution in [2.24, 2.45) is 0 Å². The van der Waals surface area contributed by atoms with Crippen molar-refractivity contribution >= 4 is 17.0 Å². The number of carbonyl (C=O) groups is 1. The Morgan fingerprint density at radius 3 is 2.77 bits per heavy atom. The first-order valence-electron chi connectivity index (χ1n) is 14.4. The molecular weight excluding hydrogens is 574 g/mol. The molecule has 1 unspecified atom stereocenters. The first-order chi connectivity index (χ1) is 21.3. The molecule has 0 amide bonds. The van der Waals surface area contributed by atoms with E-state index >= 15 is 4.39 Å². The van der Waals surface area contributed by atoms with Gasteiger partial charge in [-0.1, -0.05) is 0 Å². The molecule has 0 spiro atoms. The van der Waals surface area contributed by atoms with Gasteiger partial charge in [-0.05, 0) is 56.5 Å². The van der Waals surface area contributed by atoms with Gasteiger partial charge in [0.2, 0.25) is 5.88 Å². The topological polar surface area (TPSA) is 136 Å². The molecule has 4 aromatic rings. The molecule has 6 rings (SSSR count). The van der Waals surface area contributed by atoms with Crippen LogP contribution in [0.1, 0.15) is 53.8 Å². The number of aromatic nitrogens is 4. The van der Waals surface area contributed by atoms with E-state index in [1.165, 1.54) is 18.2 Å². The van der Waals surface area contributed by atoms with Crippen molar-refractivity contribution in [3.05, 3.63) is 77.0 Å². The maximum atomic E-state index is 15.3. The number of hydrogen-bond donors (Lipinski definition) is 1. The lowest BCUT2D eigenvalue weighted by molar-refractivity contribution is -0.0594.